The number of ether oxygens (including phenoxy) is 1. The largest absolute Gasteiger partial charge is 0.444 e. The lowest BCUT2D eigenvalue weighted by atomic mass is 10.1. The van der Waals surface area contributed by atoms with Gasteiger partial charge in [-0.3, -0.25) is 5.32 Å². The number of carbonyl (C=O) groups is 1. The lowest BCUT2D eigenvalue weighted by molar-refractivity contribution is 0.0636. The Bertz CT molecular complexity index is 717. The minimum absolute atomic E-state index is 0.476. The van der Waals surface area contributed by atoms with Crippen molar-refractivity contribution in [2.75, 3.05) is 5.32 Å². The van der Waals surface area contributed by atoms with Gasteiger partial charge in [0.05, 0.1) is 5.69 Å². The topological polar surface area (TPSA) is 38.3 Å². The van der Waals surface area contributed by atoms with E-state index in [9.17, 15) is 4.79 Å². The van der Waals surface area contributed by atoms with Crippen LogP contribution in [0.15, 0.2) is 48.5 Å². The van der Waals surface area contributed by atoms with E-state index < -0.39 is 11.7 Å². The van der Waals surface area contributed by atoms with Crippen molar-refractivity contribution in [3.63, 3.8) is 0 Å². The number of hydrogen-bond donors (Lipinski definition) is 1. The van der Waals surface area contributed by atoms with Crippen LogP contribution in [0, 0.1) is 0 Å². The fourth-order valence-electron chi connectivity index (χ4n) is 1.96. The molecule has 0 radical (unpaired) electrons. The standard InChI is InChI=1S/C19H20ClNO2/c1-19(2,3)23-18(22)21-17-11-7-5-9-15(17)13-12-14-8-4-6-10-16(14)20/h4-13H,1-3H3,(H,21,22)/b13-12+. The van der Waals surface area contributed by atoms with Crippen LogP contribution in [0.25, 0.3) is 12.2 Å². The van der Waals surface area contributed by atoms with Gasteiger partial charge in [-0.15, -0.1) is 0 Å². The van der Waals surface area contributed by atoms with E-state index in [1.54, 1.807) is 0 Å². The van der Waals surface area contributed by atoms with Gasteiger partial charge < -0.3 is 4.74 Å². The van der Waals surface area contributed by atoms with Gasteiger partial charge in [-0.25, -0.2) is 4.79 Å². The van der Waals surface area contributed by atoms with E-state index in [4.69, 9.17) is 16.3 Å². The number of carbonyl (C=O) groups excluding carboxylic acids is 1. The monoisotopic (exact) mass is 329 g/mol. The van der Waals surface area contributed by atoms with Crippen LogP contribution in [-0.4, -0.2) is 11.7 Å². The molecule has 0 bridgehead atoms. The first-order valence-corrected chi connectivity index (χ1v) is 7.74. The molecule has 3 nitrogen and oxygen atoms in total. The highest BCUT2D eigenvalue weighted by Gasteiger charge is 2.16. The normalized spacial score (nSPS) is 11.5. The van der Waals surface area contributed by atoms with Gasteiger partial charge in [-0.1, -0.05) is 60.2 Å². The Balaban J connectivity index is 2.18. The summed E-state index contributed by atoms with van der Waals surface area (Å²) in [4.78, 5) is 11.9. The molecule has 2 aromatic rings. The quantitative estimate of drug-likeness (QED) is 0.716. The van der Waals surface area contributed by atoms with Crippen molar-refractivity contribution in [2.45, 2.75) is 26.4 Å². The molecule has 0 aliphatic carbocycles. The zero-order chi connectivity index (χ0) is 16.9. The third kappa shape index (κ3) is 5.46. The van der Waals surface area contributed by atoms with Crippen LogP contribution in [0.4, 0.5) is 10.5 Å². The smallest absolute Gasteiger partial charge is 0.412 e. The van der Waals surface area contributed by atoms with Crippen LogP contribution in [0.5, 0.6) is 0 Å². The molecule has 0 aromatic heterocycles. The van der Waals surface area contributed by atoms with Gasteiger partial charge >= 0.3 is 6.09 Å². The Hall–Kier alpha value is -2.26. The van der Waals surface area contributed by atoms with Gasteiger partial charge in [0.15, 0.2) is 0 Å². The van der Waals surface area contributed by atoms with Crippen LogP contribution in [-0.2, 0) is 4.74 Å². The van der Waals surface area contributed by atoms with E-state index in [0.29, 0.717) is 10.7 Å². The van der Waals surface area contributed by atoms with Crippen molar-refractivity contribution in [1.29, 1.82) is 0 Å². The molecule has 2 rings (SSSR count). The summed E-state index contributed by atoms with van der Waals surface area (Å²) < 4.78 is 5.28. The van der Waals surface area contributed by atoms with Crippen molar-refractivity contribution in [3.8, 4) is 0 Å². The van der Waals surface area contributed by atoms with Gasteiger partial charge in [-0.2, -0.15) is 0 Å². The summed E-state index contributed by atoms with van der Waals surface area (Å²) >= 11 is 6.15. The summed E-state index contributed by atoms with van der Waals surface area (Å²) in [5, 5.41) is 3.45. The zero-order valence-corrected chi connectivity index (χ0v) is 14.2. The first kappa shape index (κ1) is 17.1. The molecule has 0 saturated carbocycles. The van der Waals surface area contributed by atoms with Crippen molar-refractivity contribution in [3.05, 3.63) is 64.7 Å². The predicted molar refractivity (Wildman–Crippen MR) is 96.7 cm³/mol. The molecule has 0 fully saturated rings. The van der Waals surface area contributed by atoms with Crippen LogP contribution in [0.3, 0.4) is 0 Å². The summed E-state index contributed by atoms with van der Waals surface area (Å²) in [5.41, 5.74) is 1.94. The second kappa shape index (κ2) is 7.34. The maximum Gasteiger partial charge on any atom is 0.412 e. The lowest BCUT2D eigenvalue weighted by Gasteiger charge is -2.20. The molecule has 0 spiro atoms. The highest BCUT2D eigenvalue weighted by molar-refractivity contribution is 6.32. The Morgan fingerprint density at radius 3 is 2.22 bits per heavy atom. The van der Waals surface area contributed by atoms with Crippen LogP contribution in [0.2, 0.25) is 5.02 Å². The van der Waals surface area contributed by atoms with Gasteiger partial charge in [-0.05, 0) is 44.0 Å². The van der Waals surface area contributed by atoms with Gasteiger partial charge in [0, 0.05) is 5.02 Å². The van der Waals surface area contributed by atoms with E-state index >= 15 is 0 Å². The molecule has 0 heterocycles. The molecule has 0 atom stereocenters. The molecule has 0 aliphatic rings. The maximum absolute atomic E-state index is 11.9. The number of amides is 1. The molecule has 23 heavy (non-hydrogen) atoms. The number of anilines is 1. The van der Waals surface area contributed by atoms with Crippen molar-refractivity contribution >= 4 is 35.5 Å². The summed E-state index contributed by atoms with van der Waals surface area (Å²) in [6.45, 7) is 5.49. The lowest BCUT2D eigenvalue weighted by Crippen LogP contribution is -2.27. The first-order valence-electron chi connectivity index (χ1n) is 7.37. The van der Waals surface area contributed by atoms with Gasteiger partial charge in [0.1, 0.15) is 5.60 Å². The number of benzene rings is 2. The Morgan fingerprint density at radius 1 is 1.00 bits per heavy atom. The van der Waals surface area contributed by atoms with Gasteiger partial charge in [0.2, 0.25) is 0 Å². The van der Waals surface area contributed by atoms with Crippen molar-refractivity contribution in [2.24, 2.45) is 0 Å². The van der Waals surface area contributed by atoms with Crippen LogP contribution >= 0.6 is 11.6 Å². The van der Waals surface area contributed by atoms with Crippen LogP contribution in [0.1, 0.15) is 31.9 Å². The highest BCUT2D eigenvalue weighted by atomic mass is 35.5. The fraction of sp³-hybridized carbons (Fsp3) is 0.211. The predicted octanol–water partition coefficient (Wildman–Crippen LogP) is 5.86. The summed E-state index contributed by atoms with van der Waals surface area (Å²) in [7, 11) is 0. The summed E-state index contributed by atoms with van der Waals surface area (Å²) in [5.74, 6) is 0. The zero-order valence-electron chi connectivity index (χ0n) is 13.5. The van der Waals surface area contributed by atoms with Crippen molar-refractivity contribution in [1.82, 2.24) is 0 Å². The molecule has 1 amide bonds. The number of hydrogen-bond acceptors (Lipinski definition) is 2. The van der Waals surface area contributed by atoms with E-state index in [0.717, 1.165) is 11.1 Å². The first-order chi connectivity index (χ1) is 10.8. The second-order valence-corrected chi connectivity index (χ2v) is 6.48. The second-order valence-electron chi connectivity index (χ2n) is 6.07. The Labute approximate surface area is 141 Å². The highest BCUT2D eigenvalue weighted by Crippen LogP contribution is 2.22. The molecule has 4 heteroatoms. The number of nitrogens with one attached hydrogen (secondary N) is 1. The molecule has 0 unspecified atom stereocenters. The number of para-hydroxylation sites is 1. The minimum atomic E-state index is -0.535. The average Bonchev–Trinajstić information content (AvgIpc) is 2.46. The molecular formula is C19H20ClNO2. The van der Waals surface area contributed by atoms with E-state index in [1.807, 2.05) is 81.5 Å². The fourth-order valence-corrected chi connectivity index (χ4v) is 2.16. The third-order valence-corrected chi connectivity index (χ3v) is 3.29. The molecule has 2 aromatic carbocycles. The van der Waals surface area contributed by atoms with Gasteiger partial charge in [0.25, 0.3) is 0 Å². The van der Waals surface area contributed by atoms with E-state index in [1.165, 1.54) is 0 Å². The molecular weight excluding hydrogens is 310 g/mol. The number of halogens is 1. The minimum Gasteiger partial charge on any atom is -0.444 e. The maximum atomic E-state index is 11.9. The summed E-state index contributed by atoms with van der Waals surface area (Å²) in [6.07, 6.45) is 3.35. The van der Waals surface area contributed by atoms with Crippen LogP contribution < -0.4 is 5.32 Å². The molecule has 0 saturated heterocycles. The average molecular weight is 330 g/mol. The molecule has 1 N–H and O–H groups in total. The summed E-state index contributed by atoms with van der Waals surface area (Å²) in [6, 6.07) is 15.1. The number of rotatable bonds is 3. The molecule has 120 valence electrons. The molecule has 0 aliphatic heterocycles. The third-order valence-electron chi connectivity index (χ3n) is 2.94. The Morgan fingerprint density at radius 2 is 1.57 bits per heavy atom. The van der Waals surface area contributed by atoms with E-state index in [2.05, 4.69) is 5.32 Å². The Kier molecular flexibility index (Phi) is 5.45. The van der Waals surface area contributed by atoms with Crippen molar-refractivity contribution < 1.29 is 9.53 Å². The van der Waals surface area contributed by atoms with E-state index in [-0.39, 0.29) is 0 Å². The SMILES string of the molecule is CC(C)(C)OC(=O)Nc1ccccc1/C=C/c1ccccc1Cl.